The molecule has 0 saturated heterocycles. The fourth-order valence-electron chi connectivity index (χ4n) is 1.72. The van der Waals surface area contributed by atoms with E-state index < -0.39 is 0 Å². The number of methoxy groups -OCH3 is 1. The molecule has 0 unspecified atom stereocenters. The second-order valence-electron chi connectivity index (χ2n) is 4.10. The highest BCUT2D eigenvalue weighted by molar-refractivity contribution is 7.98. The molecule has 0 bridgehead atoms. The number of rotatable bonds is 6. The molecule has 0 saturated carbocycles. The van der Waals surface area contributed by atoms with Crippen molar-refractivity contribution in [3.05, 3.63) is 29.3 Å². The molecular formula is C13H20N2O2S. The lowest BCUT2D eigenvalue weighted by Gasteiger charge is -2.18. The van der Waals surface area contributed by atoms with Crippen molar-refractivity contribution in [1.29, 1.82) is 0 Å². The van der Waals surface area contributed by atoms with E-state index in [1.54, 1.807) is 17.8 Å². The van der Waals surface area contributed by atoms with Gasteiger partial charge in [0.15, 0.2) is 0 Å². The van der Waals surface area contributed by atoms with Crippen LogP contribution in [0.2, 0.25) is 0 Å². The fraction of sp³-hybridized carbons (Fsp3) is 0.462. The predicted octanol–water partition coefficient (Wildman–Crippen LogP) is 1.85. The molecule has 0 atom stereocenters. The molecule has 0 spiro atoms. The van der Waals surface area contributed by atoms with Crippen LogP contribution in [0.1, 0.15) is 15.9 Å². The number of hydrogen-bond donors (Lipinski definition) is 1. The van der Waals surface area contributed by atoms with Crippen LogP contribution in [0.4, 0.5) is 5.69 Å². The maximum absolute atomic E-state index is 11.7. The Labute approximate surface area is 112 Å². The number of esters is 1. The number of anilines is 1. The number of hydrogen-bond acceptors (Lipinski definition) is 5. The van der Waals surface area contributed by atoms with Crippen LogP contribution in [0.25, 0.3) is 0 Å². The zero-order valence-electron chi connectivity index (χ0n) is 11.1. The first-order valence-electron chi connectivity index (χ1n) is 5.73. The summed E-state index contributed by atoms with van der Waals surface area (Å²) in [7, 11) is 3.40. The van der Waals surface area contributed by atoms with E-state index >= 15 is 0 Å². The van der Waals surface area contributed by atoms with Gasteiger partial charge in [-0.2, -0.15) is 11.8 Å². The lowest BCUT2D eigenvalue weighted by Crippen LogP contribution is -2.22. The van der Waals surface area contributed by atoms with Crippen molar-refractivity contribution in [2.45, 2.75) is 6.54 Å². The topological polar surface area (TPSA) is 55.6 Å². The van der Waals surface area contributed by atoms with Crippen molar-refractivity contribution in [3.63, 3.8) is 0 Å². The third kappa shape index (κ3) is 3.92. The number of carbonyl (C=O) groups is 1. The molecule has 1 rings (SSSR count). The van der Waals surface area contributed by atoms with E-state index in [2.05, 4.69) is 11.2 Å². The van der Waals surface area contributed by atoms with Crippen molar-refractivity contribution in [3.8, 4) is 0 Å². The normalized spacial score (nSPS) is 10.7. The zero-order valence-corrected chi connectivity index (χ0v) is 11.9. The van der Waals surface area contributed by atoms with Gasteiger partial charge in [0.1, 0.15) is 0 Å². The third-order valence-corrected chi connectivity index (χ3v) is 3.28. The molecule has 0 aliphatic heterocycles. The van der Waals surface area contributed by atoms with Gasteiger partial charge in [-0.05, 0) is 24.9 Å². The molecule has 0 heterocycles. The van der Waals surface area contributed by atoms with Gasteiger partial charge in [-0.25, -0.2) is 4.79 Å². The number of ether oxygens (including phenoxy) is 1. The van der Waals surface area contributed by atoms with Gasteiger partial charge in [0.25, 0.3) is 0 Å². The molecule has 0 aliphatic carbocycles. The van der Waals surface area contributed by atoms with E-state index in [0.29, 0.717) is 17.8 Å². The first-order valence-corrected chi connectivity index (χ1v) is 7.12. The molecule has 1 aromatic carbocycles. The second-order valence-corrected chi connectivity index (χ2v) is 5.09. The molecule has 0 fully saturated rings. The van der Waals surface area contributed by atoms with Gasteiger partial charge in [0, 0.05) is 24.5 Å². The average Bonchev–Trinajstić information content (AvgIpc) is 2.35. The zero-order chi connectivity index (χ0) is 13.5. The summed E-state index contributed by atoms with van der Waals surface area (Å²) in [4.78, 5) is 13.9. The molecule has 5 heteroatoms. The number of thioether (sulfide) groups is 1. The molecule has 18 heavy (non-hydrogen) atoms. The van der Waals surface area contributed by atoms with Crippen molar-refractivity contribution < 1.29 is 9.53 Å². The quantitative estimate of drug-likeness (QED) is 0.630. The largest absolute Gasteiger partial charge is 0.465 e. The summed E-state index contributed by atoms with van der Waals surface area (Å²) in [6.45, 7) is 1.66. The Morgan fingerprint density at radius 3 is 2.83 bits per heavy atom. The molecule has 0 radical (unpaired) electrons. The minimum Gasteiger partial charge on any atom is -0.465 e. The number of nitrogens with zero attached hydrogens (tertiary/aromatic N) is 1. The molecule has 0 aliphatic rings. The summed E-state index contributed by atoms with van der Waals surface area (Å²) >= 11 is 1.80. The lowest BCUT2D eigenvalue weighted by atomic mass is 10.1. The van der Waals surface area contributed by atoms with Crippen LogP contribution in [0.15, 0.2) is 18.2 Å². The van der Waals surface area contributed by atoms with Crippen LogP contribution in [0, 0.1) is 0 Å². The summed E-state index contributed by atoms with van der Waals surface area (Å²) in [5.74, 6) is 0.688. The highest BCUT2D eigenvalue weighted by Gasteiger charge is 2.16. The number of nitrogen functional groups attached to an aromatic ring is 1. The van der Waals surface area contributed by atoms with Gasteiger partial charge >= 0.3 is 5.97 Å². The third-order valence-electron chi connectivity index (χ3n) is 2.69. The van der Waals surface area contributed by atoms with Gasteiger partial charge < -0.3 is 15.4 Å². The number of nitrogens with two attached hydrogens (primary N) is 1. The molecule has 4 nitrogen and oxygen atoms in total. The van der Waals surface area contributed by atoms with Crippen molar-refractivity contribution in [2.75, 3.05) is 38.4 Å². The van der Waals surface area contributed by atoms with E-state index in [4.69, 9.17) is 10.5 Å². The van der Waals surface area contributed by atoms with Crippen molar-refractivity contribution in [2.24, 2.45) is 0 Å². The summed E-state index contributed by atoms with van der Waals surface area (Å²) in [6, 6.07) is 5.50. The van der Waals surface area contributed by atoms with Crippen LogP contribution in [0.3, 0.4) is 0 Å². The average molecular weight is 268 g/mol. The number of carbonyl (C=O) groups excluding carboxylic acids is 1. The van der Waals surface area contributed by atoms with Gasteiger partial charge in [-0.1, -0.05) is 12.1 Å². The molecule has 0 amide bonds. The Bertz CT molecular complexity index is 410. The summed E-state index contributed by atoms with van der Waals surface area (Å²) < 4.78 is 4.78. The van der Waals surface area contributed by atoms with E-state index in [9.17, 15) is 4.79 Å². The van der Waals surface area contributed by atoms with E-state index in [-0.39, 0.29) is 5.97 Å². The maximum atomic E-state index is 11.7. The van der Waals surface area contributed by atoms with Crippen LogP contribution in [0.5, 0.6) is 0 Å². The Kier molecular flexibility index (Phi) is 6.01. The minimum absolute atomic E-state index is 0.374. The Morgan fingerprint density at radius 1 is 1.50 bits per heavy atom. The Balaban J connectivity index is 2.88. The SMILES string of the molecule is COC(=O)c1c(N)cccc1CN(C)CCSC. The van der Waals surface area contributed by atoms with Gasteiger partial charge in [0.2, 0.25) is 0 Å². The van der Waals surface area contributed by atoms with Crippen LogP contribution >= 0.6 is 11.8 Å². The highest BCUT2D eigenvalue weighted by atomic mass is 32.2. The second kappa shape index (κ2) is 7.28. The van der Waals surface area contributed by atoms with Crippen LogP contribution in [-0.2, 0) is 11.3 Å². The van der Waals surface area contributed by atoms with Crippen molar-refractivity contribution in [1.82, 2.24) is 4.90 Å². The lowest BCUT2D eigenvalue weighted by molar-refractivity contribution is 0.0600. The van der Waals surface area contributed by atoms with Gasteiger partial charge in [-0.15, -0.1) is 0 Å². The van der Waals surface area contributed by atoms with Gasteiger partial charge in [-0.3, -0.25) is 0 Å². The molecule has 2 N–H and O–H groups in total. The first-order chi connectivity index (χ1) is 8.60. The standard InChI is InChI=1S/C13H20N2O2S/c1-15(7-8-18-3)9-10-5-4-6-11(14)12(10)13(16)17-2/h4-6H,7-9,14H2,1-3H3. The predicted molar refractivity (Wildman–Crippen MR) is 76.9 cm³/mol. The Morgan fingerprint density at radius 2 is 2.22 bits per heavy atom. The van der Waals surface area contributed by atoms with Crippen LogP contribution in [-0.4, -0.2) is 43.6 Å². The van der Waals surface area contributed by atoms with E-state index in [1.165, 1.54) is 7.11 Å². The summed E-state index contributed by atoms with van der Waals surface area (Å²) in [5.41, 5.74) is 7.71. The summed E-state index contributed by atoms with van der Waals surface area (Å²) in [6.07, 6.45) is 2.08. The molecule has 0 aromatic heterocycles. The monoisotopic (exact) mass is 268 g/mol. The maximum Gasteiger partial charge on any atom is 0.340 e. The molecule has 1 aromatic rings. The van der Waals surface area contributed by atoms with E-state index in [1.807, 2.05) is 19.2 Å². The minimum atomic E-state index is -0.374. The van der Waals surface area contributed by atoms with Crippen molar-refractivity contribution >= 4 is 23.4 Å². The first kappa shape index (κ1) is 14.9. The smallest absolute Gasteiger partial charge is 0.340 e. The van der Waals surface area contributed by atoms with Gasteiger partial charge in [0.05, 0.1) is 12.7 Å². The summed E-state index contributed by atoms with van der Waals surface area (Å²) in [5, 5.41) is 0. The highest BCUT2D eigenvalue weighted by Crippen LogP contribution is 2.19. The number of benzene rings is 1. The van der Waals surface area contributed by atoms with Crippen LogP contribution < -0.4 is 5.73 Å². The fourth-order valence-corrected chi connectivity index (χ4v) is 2.21. The molecular weight excluding hydrogens is 248 g/mol. The van der Waals surface area contributed by atoms with E-state index in [0.717, 1.165) is 17.9 Å². The molecule has 100 valence electrons. The Hall–Kier alpha value is -1.20.